The minimum atomic E-state index is -1.16. The van der Waals surface area contributed by atoms with Crippen molar-refractivity contribution in [3.05, 3.63) is 94.5 Å². The van der Waals surface area contributed by atoms with Crippen LogP contribution in [0.3, 0.4) is 0 Å². The van der Waals surface area contributed by atoms with E-state index in [1.54, 1.807) is 6.07 Å². The average Bonchev–Trinajstić information content (AvgIpc) is 2.84. The normalized spacial score (nSPS) is 17.8. The van der Waals surface area contributed by atoms with Gasteiger partial charge in [0.2, 0.25) is 0 Å². The maximum atomic E-state index is 14.1. The molecule has 0 aliphatic carbocycles. The molecule has 2 atom stereocenters. The predicted octanol–water partition coefficient (Wildman–Crippen LogP) is 4.81. The van der Waals surface area contributed by atoms with E-state index >= 15 is 0 Å². The van der Waals surface area contributed by atoms with E-state index in [9.17, 15) is 18.4 Å². The third-order valence-electron chi connectivity index (χ3n) is 5.53. The van der Waals surface area contributed by atoms with Crippen LogP contribution < -0.4 is 15.0 Å². The average molecular weight is 501 g/mol. The highest BCUT2D eigenvalue weighted by Crippen LogP contribution is 2.36. The van der Waals surface area contributed by atoms with E-state index < -0.39 is 42.2 Å². The summed E-state index contributed by atoms with van der Waals surface area (Å²) in [5.41, 5.74) is 1.42. The van der Waals surface area contributed by atoms with E-state index in [-0.39, 0.29) is 17.3 Å². The van der Waals surface area contributed by atoms with Gasteiger partial charge < -0.3 is 14.8 Å². The first-order chi connectivity index (χ1) is 16.9. The van der Waals surface area contributed by atoms with Crippen LogP contribution in [0.5, 0.6) is 5.75 Å². The molecule has 35 heavy (non-hydrogen) atoms. The SMILES string of the molecule is CCOc1cccc(CNC(=O)[C@H]2OCC(=O)N(c3ccc(F)c(Cl)c3)[C@@H]2c2cccc(F)c2)c1. The van der Waals surface area contributed by atoms with Crippen molar-refractivity contribution in [1.29, 1.82) is 0 Å². The number of amides is 2. The Morgan fingerprint density at radius 1 is 1.14 bits per heavy atom. The molecule has 4 rings (SSSR count). The molecule has 9 heteroatoms. The van der Waals surface area contributed by atoms with Crippen molar-refractivity contribution < 1.29 is 27.8 Å². The van der Waals surface area contributed by atoms with Gasteiger partial charge in [-0.2, -0.15) is 0 Å². The van der Waals surface area contributed by atoms with Gasteiger partial charge in [0.25, 0.3) is 11.8 Å². The lowest BCUT2D eigenvalue weighted by Gasteiger charge is -2.40. The Hall–Kier alpha value is -3.49. The molecule has 6 nitrogen and oxygen atoms in total. The number of nitrogens with zero attached hydrogens (tertiary/aromatic N) is 1. The van der Waals surface area contributed by atoms with Crippen LogP contribution in [0.25, 0.3) is 0 Å². The molecule has 0 unspecified atom stereocenters. The molecular weight excluding hydrogens is 478 g/mol. The minimum absolute atomic E-state index is 0.185. The first kappa shape index (κ1) is 24.6. The molecule has 0 spiro atoms. The smallest absolute Gasteiger partial charge is 0.253 e. The number of benzene rings is 3. The van der Waals surface area contributed by atoms with E-state index in [1.165, 1.54) is 35.2 Å². The van der Waals surface area contributed by atoms with Crippen molar-refractivity contribution in [3.8, 4) is 5.75 Å². The Kier molecular flexibility index (Phi) is 7.63. The molecule has 1 N–H and O–H groups in total. The number of hydrogen-bond donors (Lipinski definition) is 1. The first-order valence-corrected chi connectivity index (χ1v) is 11.4. The number of anilines is 1. The fraction of sp³-hybridized carbons (Fsp3) is 0.231. The second kappa shape index (κ2) is 10.8. The van der Waals surface area contributed by atoms with Gasteiger partial charge in [-0.15, -0.1) is 0 Å². The van der Waals surface area contributed by atoms with Crippen molar-refractivity contribution in [3.63, 3.8) is 0 Å². The summed E-state index contributed by atoms with van der Waals surface area (Å²) < 4.78 is 39.1. The van der Waals surface area contributed by atoms with Gasteiger partial charge >= 0.3 is 0 Å². The summed E-state index contributed by atoms with van der Waals surface area (Å²) in [5.74, 6) is -1.48. The minimum Gasteiger partial charge on any atom is -0.494 e. The number of carbonyl (C=O) groups excluding carboxylic acids is 2. The topological polar surface area (TPSA) is 67.9 Å². The van der Waals surface area contributed by atoms with E-state index in [1.807, 2.05) is 31.2 Å². The van der Waals surface area contributed by atoms with Crippen LogP contribution in [0.15, 0.2) is 66.7 Å². The Labute approximate surface area is 206 Å². The molecule has 1 aliphatic rings. The third-order valence-corrected chi connectivity index (χ3v) is 5.82. The van der Waals surface area contributed by atoms with Crippen LogP contribution in [0.2, 0.25) is 5.02 Å². The van der Waals surface area contributed by atoms with Gasteiger partial charge in [-0.1, -0.05) is 35.9 Å². The van der Waals surface area contributed by atoms with Gasteiger partial charge in [-0.3, -0.25) is 14.5 Å². The van der Waals surface area contributed by atoms with E-state index in [0.717, 1.165) is 11.6 Å². The molecular formula is C26H23ClF2N2O4. The summed E-state index contributed by atoms with van der Waals surface area (Å²) in [5, 5.41) is 2.64. The standard InChI is InChI=1S/C26H23ClF2N2O4/c1-2-34-20-8-3-5-16(11-20)14-30-26(33)25-24(17-6-4-7-18(28)12-17)31(23(32)15-35-25)19-9-10-22(29)21(27)13-19/h3-13,24-25H,2,14-15H2,1H3,(H,30,33)/t24-,25+/m1/s1. The lowest BCUT2D eigenvalue weighted by molar-refractivity contribution is -0.144. The molecule has 2 amide bonds. The molecule has 3 aromatic rings. The van der Waals surface area contributed by atoms with E-state index in [0.29, 0.717) is 17.9 Å². The zero-order chi connectivity index (χ0) is 24.9. The van der Waals surface area contributed by atoms with Crippen molar-refractivity contribution in [1.82, 2.24) is 5.32 Å². The molecule has 182 valence electrons. The van der Waals surface area contributed by atoms with Crippen LogP contribution in [-0.4, -0.2) is 31.1 Å². The lowest BCUT2D eigenvalue weighted by atomic mass is 9.96. The molecule has 1 heterocycles. The summed E-state index contributed by atoms with van der Waals surface area (Å²) in [6.07, 6.45) is -1.16. The van der Waals surface area contributed by atoms with E-state index in [2.05, 4.69) is 5.32 Å². The molecule has 0 saturated carbocycles. The Bertz CT molecular complexity index is 1240. The van der Waals surface area contributed by atoms with Crippen LogP contribution in [0, 0.1) is 11.6 Å². The second-order valence-electron chi connectivity index (χ2n) is 7.89. The molecule has 1 saturated heterocycles. The zero-order valence-corrected chi connectivity index (χ0v) is 19.6. The number of carbonyl (C=O) groups is 2. The fourth-order valence-corrected chi connectivity index (χ4v) is 4.16. The Balaban J connectivity index is 1.65. The Morgan fingerprint density at radius 2 is 1.94 bits per heavy atom. The highest BCUT2D eigenvalue weighted by molar-refractivity contribution is 6.31. The summed E-state index contributed by atoms with van der Waals surface area (Å²) in [4.78, 5) is 27.5. The van der Waals surface area contributed by atoms with Crippen LogP contribution in [0.4, 0.5) is 14.5 Å². The highest BCUT2D eigenvalue weighted by atomic mass is 35.5. The lowest BCUT2D eigenvalue weighted by Crippen LogP contribution is -2.54. The quantitative estimate of drug-likeness (QED) is 0.506. The van der Waals surface area contributed by atoms with Crippen molar-refractivity contribution >= 4 is 29.1 Å². The summed E-state index contributed by atoms with van der Waals surface area (Å²) in [6.45, 7) is 2.19. The molecule has 1 aliphatic heterocycles. The monoisotopic (exact) mass is 500 g/mol. The van der Waals surface area contributed by atoms with Crippen molar-refractivity contribution in [2.24, 2.45) is 0 Å². The molecule has 3 aromatic carbocycles. The molecule has 0 bridgehead atoms. The van der Waals surface area contributed by atoms with Crippen LogP contribution >= 0.6 is 11.6 Å². The number of rotatable bonds is 7. The Morgan fingerprint density at radius 3 is 2.69 bits per heavy atom. The van der Waals surface area contributed by atoms with Gasteiger partial charge in [-0.25, -0.2) is 8.78 Å². The van der Waals surface area contributed by atoms with Crippen molar-refractivity contribution in [2.75, 3.05) is 18.1 Å². The maximum absolute atomic E-state index is 14.1. The van der Waals surface area contributed by atoms with Crippen LogP contribution in [0.1, 0.15) is 24.1 Å². The fourth-order valence-electron chi connectivity index (χ4n) is 3.99. The zero-order valence-electron chi connectivity index (χ0n) is 18.8. The van der Waals surface area contributed by atoms with Gasteiger partial charge in [0.15, 0.2) is 6.10 Å². The summed E-state index contributed by atoms with van der Waals surface area (Å²) >= 11 is 5.96. The second-order valence-corrected chi connectivity index (χ2v) is 8.30. The number of hydrogen-bond acceptors (Lipinski definition) is 4. The highest BCUT2D eigenvalue weighted by Gasteiger charge is 2.42. The summed E-state index contributed by atoms with van der Waals surface area (Å²) in [6, 6.07) is 15.6. The molecule has 0 radical (unpaired) electrons. The maximum Gasteiger partial charge on any atom is 0.253 e. The van der Waals surface area contributed by atoms with Gasteiger partial charge in [0.1, 0.15) is 24.0 Å². The predicted molar refractivity (Wildman–Crippen MR) is 127 cm³/mol. The van der Waals surface area contributed by atoms with E-state index in [4.69, 9.17) is 21.1 Å². The molecule has 1 fully saturated rings. The van der Waals surface area contributed by atoms with Crippen LogP contribution in [-0.2, 0) is 20.9 Å². The van der Waals surface area contributed by atoms with Gasteiger partial charge in [0.05, 0.1) is 17.7 Å². The number of morpholine rings is 1. The van der Waals surface area contributed by atoms with Crippen molar-refractivity contribution in [2.45, 2.75) is 25.6 Å². The summed E-state index contributed by atoms with van der Waals surface area (Å²) in [7, 11) is 0. The number of halogens is 3. The number of nitrogens with one attached hydrogen (secondary N) is 1. The number of ether oxygens (including phenoxy) is 2. The largest absolute Gasteiger partial charge is 0.494 e. The van der Waals surface area contributed by atoms with Gasteiger partial charge in [-0.05, 0) is 60.5 Å². The molecule has 0 aromatic heterocycles. The third kappa shape index (κ3) is 5.61. The first-order valence-electron chi connectivity index (χ1n) is 11.0. The van der Waals surface area contributed by atoms with Gasteiger partial charge in [0, 0.05) is 12.2 Å².